The van der Waals surface area contributed by atoms with Crippen LogP contribution in [0.15, 0.2) is 29.6 Å². The van der Waals surface area contributed by atoms with Crippen molar-refractivity contribution in [2.75, 3.05) is 0 Å². The Morgan fingerprint density at radius 2 is 2.00 bits per heavy atom. The quantitative estimate of drug-likeness (QED) is 0.779. The Morgan fingerprint density at radius 3 is 2.50 bits per heavy atom. The Balaban J connectivity index is 1.81. The van der Waals surface area contributed by atoms with E-state index in [1.165, 1.54) is 36.2 Å². The predicted octanol–water partition coefficient (Wildman–Crippen LogP) is 3.95. The van der Waals surface area contributed by atoms with Gasteiger partial charge in [0.25, 0.3) is 0 Å². The molecule has 0 bridgehead atoms. The molecule has 0 saturated heterocycles. The van der Waals surface area contributed by atoms with E-state index in [0.29, 0.717) is 5.69 Å². The van der Waals surface area contributed by atoms with Gasteiger partial charge >= 0.3 is 0 Å². The third-order valence-corrected chi connectivity index (χ3v) is 4.37. The zero-order chi connectivity index (χ0) is 12.5. The summed E-state index contributed by atoms with van der Waals surface area (Å²) in [7, 11) is 0. The summed E-state index contributed by atoms with van der Waals surface area (Å²) < 4.78 is 0. The first-order valence-electron chi connectivity index (χ1n) is 6.31. The van der Waals surface area contributed by atoms with E-state index in [9.17, 15) is 4.79 Å². The molecule has 1 aromatic heterocycles. The number of thiazole rings is 1. The van der Waals surface area contributed by atoms with Crippen LogP contribution in [0.25, 0.3) is 0 Å². The van der Waals surface area contributed by atoms with Crippen LogP contribution in [-0.4, -0.2) is 10.8 Å². The summed E-state index contributed by atoms with van der Waals surface area (Å²) in [5, 5.41) is 2.77. The third kappa shape index (κ3) is 2.10. The van der Waals surface area contributed by atoms with Gasteiger partial charge in [0, 0.05) is 10.9 Å². The van der Waals surface area contributed by atoms with Crippen molar-refractivity contribution < 1.29 is 4.79 Å². The van der Waals surface area contributed by atoms with E-state index >= 15 is 0 Å². The van der Waals surface area contributed by atoms with Crippen LogP contribution in [0.3, 0.4) is 0 Å². The lowest BCUT2D eigenvalue weighted by Gasteiger charge is -2.25. The van der Waals surface area contributed by atoms with E-state index in [1.807, 2.05) is 24.4 Å². The van der Waals surface area contributed by atoms with Gasteiger partial charge in [0.15, 0.2) is 0 Å². The van der Waals surface area contributed by atoms with Crippen molar-refractivity contribution in [3.05, 3.63) is 51.5 Å². The van der Waals surface area contributed by atoms with E-state index < -0.39 is 0 Å². The van der Waals surface area contributed by atoms with Crippen LogP contribution in [0.5, 0.6) is 0 Å². The standard InChI is InChI=1S/C15H15NOS/c1-10-16-14(9-18-10)15(17)13-7-5-12(6-8-13)11-3-2-4-11/h5-9,11H,2-4H2,1H3. The van der Waals surface area contributed by atoms with E-state index in [2.05, 4.69) is 17.1 Å². The summed E-state index contributed by atoms with van der Waals surface area (Å²) in [5.41, 5.74) is 2.67. The van der Waals surface area contributed by atoms with Gasteiger partial charge in [-0.2, -0.15) is 0 Å². The lowest BCUT2D eigenvalue weighted by atomic mass is 9.80. The van der Waals surface area contributed by atoms with Crippen molar-refractivity contribution in [2.24, 2.45) is 0 Å². The zero-order valence-electron chi connectivity index (χ0n) is 10.3. The first kappa shape index (κ1) is 11.6. The predicted molar refractivity (Wildman–Crippen MR) is 73.3 cm³/mol. The van der Waals surface area contributed by atoms with Gasteiger partial charge in [0.1, 0.15) is 5.69 Å². The Morgan fingerprint density at radius 1 is 1.28 bits per heavy atom. The van der Waals surface area contributed by atoms with Crippen molar-refractivity contribution in [1.82, 2.24) is 4.98 Å². The minimum absolute atomic E-state index is 0.0273. The highest BCUT2D eigenvalue weighted by atomic mass is 32.1. The molecule has 0 spiro atoms. The number of rotatable bonds is 3. The number of carbonyl (C=O) groups excluding carboxylic acids is 1. The van der Waals surface area contributed by atoms with Gasteiger partial charge in [-0.25, -0.2) is 4.98 Å². The van der Waals surface area contributed by atoms with Gasteiger partial charge in [0.05, 0.1) is 5.01 Å². The molecule has 92 valence electrons. The third-order valence-electron chi connectivity index (χ3n) is 3.60. The molecule has 0 unspecified atom stereocenters. The minimum Gasteiger partial charge on any atom is -0.287 e. The summed E-state index contributed by atoms with van der Waals surface area (Å²) in [6, 6.07) is 8.06. The van der Waals surface area contributed by atoms with Gasteiger partial charge in [-0.1, -0.05) is 30.7 Å². The van der Waals surface area contributed by atoms with Gasteiger partial charge in [0.2, 0.25) is 5.78 Å². The molecule has 2 aromatic rings. The Kier molecular flexibility index (Phi) is 3.00. The maximum absolute atomic E-state index is 12.2. The smallest absolute Gasteiger partial charge is 0.212 e. The van der Waals surface area contributed by atoms with Crippen molar-refractivity contribution in [3.8, 4) is 0 Å². The van der Waals surface area contributed by atoms with Crippen LogP contribution in [0.1, 0.15) is 51.8 Å². The van der Waals surface area contributed by atoms with Crippen molar-refractivity contribution in [1.29, 1.82) is 0 Å². The molecule has 1 aliphatic carbocycles. The van der Waals surface area contributed by atoms with Crippen LogP contribution in [-0.2, 0) is 0 Å². The fraction of sp³-hybridized carbons (Fsp3) is 0.333. The average Bonchev–Trinajstić information content (AvgIpc) is 2.74. The Hall–Kier alpha value is -1.48. The normalized spacial score (nSPS) is 15.4. The fourth-order valence-electron chi connectivity index (χ4n) is 2.26. The Bertz CT molecular complexity index is 566. The molecule has 1 heterocycles. The highest BCUT2D eigenvalue weighted by molar-refractivity contribution is 7.09. The number of benzene rings is 1. The second-order valence-electron chi connectivity index (χ2n) is 4.83. The molecule has 3 heteroatoms. The number of nitrogens with zero attached hydrogens (tertiary/aromatic N) is 1. The molecule has 1 aromatic carbocycles. The van der Waals surface area contributed by atoms with Gasteiger partial charge < -0.3 is 0 Å². The van der Waals surface area contributed by atoms with Gasteiger partial charge in [-0.3, -0.25) is 4.79 Å². The number of aryl methyl sites for hydroxylation is 1. The van der Waals surface area contributed by atoms with Crippen molar-refractivity contribution in [2.45, 2.75) is 32.1 Å². The number of hydrogen-bond donors (Lipinski definition) is 0. The van der Waals surface area contributed by atoms with Crippen molar-refractivity contribution >= 4 is 17.1 Å². The topological polar surface area (TPSA) is 30.0 Å². The Labute approximate surface area is 111 Å². The summed E-state index contributed by atoms with van der Waals surface area (Å²) in [4.78, 5) is 16.4. The van der Waals surface area contributed by atoms with Gasteiger partial charge in [-0.15, -0.1) is 11.3 Å². The van der Waals surface area contributed by atoms with Gasteiger partial charge in [-0.05, 0) is 31.2 Å². The van der Waals surface area contributed by atoms with Crippen LogP contribution >= 0.6 is 11.3 Å². The van der Waals surface area contributed by atoms with Crippen molar-refractivity contribution in [3.63, 3.8) is 0 Å². The SMILES string of the molecule is Cc1nc(C(=O)c2ccc(C3CCC3)cc2)cs1. The maximum Gasteiger partial charge on any atom is 0.212 e. The fourth-order valence-corrected chi connectivity index (χ4v) is 2.86. The molecule has 0 aliphatic heterocycles. The minimum atomic E-state index is 0.0273. The molecule has 0 radical (unpaired) electrons. The molecule has 1 fully saturated rings. The van der Waals surface area contributed by atoms with E-state index in [4.69, 9.17) is 0 Å². The molecule has 3 rings (SSSR count). The lowest BCUT2D eigenvalue weighted by Crippen LogP contribution is -2.09. The van der Waals surface area contributed by atoms with Crippen LogP contribution in [0.2, 0.25) is 0 Å². The average molecular weight is 257 g/mol. The molecule has 0 N–H and O–H groups in total. The first-order chi connectivity index (χ1) is 8.74. The summed E-state index contributed by atoms with van der Waals surface area (Å²) in [6.45, 7) is 1.92. The summed E-state index contributed by atoms with van der Waals surface area (Å²) in [6.07, 6.45) is 3.92. The molecule has 0 atom stereocenters. The van der Waals surface area contributed by atoms with Crippen LogP contribution < -0.4 is 0 Å². The monoisotopic (exact) mass is 257 g/mol. The number of carbonyl (C=O) groups is 1. The van der Waals surface area contributed by atoms with E-state index in [-0.39, 0.29) is 5.78 Å². The molecule has 18 heavy (non-hydrogen) atoms. The summed E-state index contributed by atoms with van der Waals surface area (Å²) >= 11 is 1.52. The number of ketones is 1. The maximum atomic E-state index is 12.2. The number of hydrogen-bond acceptors (Lipinski definition) is 3. The molecule has 2 nitrogen and oxygen atoms in total. The highest BCUT2D eigenvalue weighted by Gasteiger charge is 2.20. The second kappa shape index (κ2) is 4.65. The van der Waals surface area contributed by atoms with Crippen LogP contribution in [0, 0.1) is 6.92 Å². The molecule has 1 aliphatic rings. The molecular formula is C15H15NOS. The summed E-state index contributed by atoms with van der Waals surface area (Å²) in [5.74, 6) is 0.746. The number of aromatic nitrogens is 1. The lowest BCUT2D eigenvalue weighted by molar-refractivity contribution is 0.103. The van der Waals surface area contributed by atoms with E-state index in [1.54, 1.807) is 0 Å². The molecular weight excluding hydrogens is 242 g/mol. The zero-order valence-corrected chi connectivity index (χ0v) is 11.2. The highest BCUT2D eigenvalue weighted by Crippen LogP contribution is 2.36. The first-order valence-corrected chi connectivity index (χ1v) is 7.19. The largest absolute Gasteiger partial charge is 0.287 e. The molecule has 0 amide bonds. The van der Waals surface area contributed by atoms with E-state index in [0.717, 1.165) is 16.5 Å². The van der Waals surface area contributed by atoms with Crippen LogP contribution in [0.4, 0.5) is 0 Å². The second-order valence-corrected chi connectivity index (χ2v) is 5.89. The molecule has 1 saturated carbocycles.